The number of aryl methyl sites for hydroxylation is 2. The first-order valence-electron chi connectivity index (χ1n) is 10.4. The number of benzene rings is 1. The molecule has 0 spiro atoms. The van der Waals surface area contributed by atoms with Crippen molar-refractivity contribution in [2.24, 2.45) is 0 Å². The number of ketones is 1. The summed E-state index contributed by atoms with van der Waals surface area (Å²) in [6.45, 7) is 5.11. The summed E-state index contributed by atoms with van der Waals surface area (Å²) in [5.41, 5.74) is 1.94. The third-order valence-corrected chi connectivity index (χ3v) is 5.01. The summed E-state index contributed by atoms with van der Waals surface area (Å²) >= 11 is 0. The topological polar surface area (TPSA) is 97.2 Å². The van der Waals surface area contributed by atoms with Crippen LogP contribution in [0.2, 0.25) is 0 Å². The van der Waals surface area contributed by atoms with Crippen molar-refractivity contribution in [3.8, 4) is 5.75 Å². The fraction of sp³-hybridized carbons (Fsp3) is 0.333. The van der Waals surface area contributed by atoms with Crippen molar-refractivity contribution in [2.45, 2.75) is 45.6 Å². The first-order valence-corrected chi connectivity index (χ1v) is 10.4. The number of halogens is 1. The molecule has 0 saturated carbocycles. The highest BCUT2D eigenvalue weighted by Gasteiger charge is 2.17. The average Bonchev–Trinajstić information content (AvgIpc) is 2.78. The van der Waals surface area contributed by atoms with Gasteiger partial charge in [-0.3, -0.25) is 9.78 Å². The van der Waals surface area contributed by atoms with E-state index in [0.717, 1.165) is 5.56 Å². The number of pyridine rings is 1. The van der Waals surface area contributed by atoms with E-state index in [4.69, 9.17) is 4.74 Å². The molecule has 0 unspecified atom stereocenters. The molecular formula is C24H27FN4O3. The molecule has 32 heavy (non-hydrogen) atoms. The van der Waals surface area contributed by atoms with Crippen LogP contribution in [-0.4, -0.2) is 33.0 Å². The van der Waals surface area contributed by atoms with E-state index in [1.807, 2.05) is 0 Å². The van der Waals surface area contributed by atoms with Crippen LogP contribution in [0.5, 0.6) is 5.75 Å². The maximum atomic E-state index is 14.6. The number of nitrogens with one attached hydrogen (secondary N) is 1. The summed E-state index contributed by atoms with van der Waals surface area (Å²) in [4.78, 5) is 24.9. The van der Waals surface area contributed by atoms with Gasteiger partial charge in [-0.1, -0.05) is 6.92 Å². The van der Waals surface area contributed by atoms with Gasteiger partial charge in [0.05, 0.1) is 24.7 Å². The van der Waals surface area contributed by atoms with Crippen molar-refractivity contribution in [3.63, 3.8) is 0 Å². The maximum absolute atomic E-state index is 14.6. The van der Waals surface area contributed by atoms with Gasteiger partial charge in [0.15, 0.2) is 17.3 Å². The van der Waals surface area contributed by atoms with Crippen LogP contribution in [0.25, 0.3) is 0 Å². The van der Waals surface area contributed by atoms with Crippen LogP contribution in [0.4, 0.5) is 16.0 Å². The number of aliphatic hydroxyl groups is 1. The molecule has 168 valence electrons. The van der Waals surface area contributed by atoms with Crippen molar-refractivity contribution >= 4 is 17.4 Å². The standard InChI is InChI=1S/C24H27FN4O3/c1-5-19(30)17-10-16(22(25)20(11-17)32-4)7-6-15-12-27-23(28-13-15)29-18-8-9-21(26-14-18)24(2,3)31/h8-14,31H,5-7H2,1-4H3,(H,27,28,29). The summed E-state index contributed by atoms with van der Waals surface area (Å²) < 4.78 is 19.7. The number of carbonyl (C=O) groups is 1. The Kier molecular flexibility index (Phi) is 7.15. The van der Waals surface area contributed by atoms with E-state index in [2.05, 4.69) is 20.3 Å². The smallest absolute Gasteiger partial charge is 0.227 e. The number of aromatic nitrogens is 3. The zero-order chi connectivity index (χ0) is 23.3. The number of rotatable bonds is 9. The lowest BCUT2D eigenvalue weighted by Crippen LogP contribution is -2.17. The highest BCUT2D eigenvalue weighted by Crippen LogP contribution is 2.25. The van der Waals surface area contributed by atoms with E-state index in [9.17, 15) is 14.3 Å². The molecule has 0 saturated heterocycles. The van der Waals surface area contributed by atoms with Gasteiger partial charge >= 0.3 is 0 Å². The molecule has 0 amide bonds. The Morgan fingerprint density at radius 1 is 1.12 bits per heavy atom. The van der Waals surface area contributed by atoms with Crippen LogP contribution >= 0.6 is 0 Å². The van der Waals surface area contributed by atoms with E-state index in [1.54, 1.807) is 57.6 Å². The molecule has 0 aliphatic heterocycles. The summed E-state index contributed by atoms with van der Waals surface area (Å²) in [5, 5.41) is 13.0. The van der Waals surface area contributed by atoms with Crippen LogP contribution in [0.3, 0.4) is 0 Å². The molecule has 8 heteroatoms. The van der Waals surface area contributed by atoms with Gasteiger partial charge in [0.2, 0.25) is 5.95 Å². The van der Waals surface area contributed by atoms with Crippen molar-refractivity contribution in [1.29, 1.82) is 0 Å². The summed E-state index contributed by atoms with van der Waals surface area (Å²) in [5.74, 6) is -0.0518. The predicted octanol–water partition coefficient (Wildman–Crippen LogP) is 4.37. The summed E-state index contributed by atoms with van der Waals surface area (Å²) in [6, 6.07) is 6.55. The van der Waals surface area contributed by atoms with Crippen molar-refractivity contribution in [3.05, 3.63) is 71.1 Å². The minimum Gasteiger partial charge on any atom is -0.494 e. The van der Waals surface area contributed by atoms with Gasteiger partial charge in [-0.05, 0) is 62.1 Å². The zero-order valence-corrected chi connectivity index (χ0v) is 18.6. The Morgan fingerprint density at radius 2 is 1.84 bits per heavy atom. The molecule has 3 rings (SSSR count). The minimum absolute atomic E-state index is 0.0617. The maximum Gasteiger partial charge on any atom is 0.227 e. The van der Waals surface area contributed by atoms with Gasteiger partial charge in [0, 0.05) is 24.4 Å². The highest BCUT2D eigenvalue weighted by atomic mass is 19.1. The van der Waals surface area contributed by atoms with Gasteiger partial charge in [-0.2, -0.15) is 0 Å². The van der Waals surface area contributed by atoms with Gasteiger partial charge < -0.3 is 15.2 Å². The van der Waals surface area contributed by atoms with Crippen molar-refractivity contribution in [2.75, 3.05) is 12.4 Å². The third-order valence-electron chi connectivity index (χ3n) is 5.01. The molecule has 1 aromatic carbocycles. The molecule has 2 aromatic heterocycles. The molecule has 3 aromatic rings. The lowest BCUT2D eigenvalue weighted by molar-refractivity contribution is 0.0739. The molecular weight excluding hydrogens is 411 g/mol. The number of nitrogens with zero attached hydrogens (tertiary/aromatic N) is 3. The number of hydrogen-bond acceptors (Lipinski definition) is 7. The SMILES string of the molecule is CCC(=O)c1cc(CCc2cnc(Nc3ccc(C(C)(C)O)nc3)nc2)c(F)c(OC)c1. The van der Waals surface area contributed by atoms with Gasteiger partial charge in [0.1, 0.15) is 5.60 Å². The van der Waals surface area contributed by atoms with E-state index in [-0.39, 0.29) is 11.5 Å². The normalized spacial score (nSPS) is 11.3. The summed E-state index contributed by atoms with van der Waals surface area (Å²) in [7, 11) is 1.38. The molecule has 0 atom stereocenters. The zero-order valence-electron chi connectivity index (χ0n) is 18.6. The molecule has 0 bridgehead atoms. The number of ether oxygens (including phenoxy) is 1. The van der Waals surface area contributed by atoms with Crippen LogP contribution in [0.1, 0.15) is 54.4 Å². The first-order chi connectivity index (χ1) is 15.2. The van der Waals surface area contributed by atoms with Crippen LogP contribution < -0.4 is 10.1 Å². The molecule has 0 fully saturated rings. The Bertz CT molecular complexity index is 1080. The van der Waals surface area contributed by atoms with Gasteiger partial charge in [-0.25, -0.2) is 14.4 Å². The van der Waals surface area contributed by atoms with E-state index in [1.165, 1.54) is 13.2 Å². The Hall–Kier alpha value is -3.39. The molecule has 0 aliphatic rings. The second kappa shape index (κ2) is 9.82. The fourth-order valence-electron chi connectivity index (χ4n) is 3.14. The number of methoxy groups -OCH3 is 1. The van der Waals surface area contributed by atoms with Crippen molar-refractivity contribution in [1.82, 2.24) is 15.0 Å². The van der Waals surface area contributed by atoms with Crippen molar-refractivity contribution < 1.29 is 19.0 Å². The van der Waals surface area contributed by atoms with E-state index in [0.29, 0.717) is 47.7 Å². The number of anilines is 2. The van der Waals surface area contributed by atoms with Gasteiger partial charge in [0.25, 0.3) is 0 Å². The van der Waals surface area contributed by atoms with Gasteiger partial charge in [-0.15, -0.1) is 0 Å². The fourth-order valence-corrected chi connectivity index (χ4v) is 3.14. The Morgan fingerprint density at radius 3 is 2.41 bits per heavy atom. The highest BCUT2D eigenvalue weighted by molar-refractivity contribution is 5.96. The first kappa shape index (κ1) is 23.3. The quantitative estimate of drug-likeness (QED) is 0.479. The monoisotopic (exact) mass is 438 g/mol. The van der Waals surface area contributed by atoms with Crippen LogP contribution in [0, 0.1) is 5.82 Å². The minimum atomic E-state index is -1.01. The molecule has 2 N–H and O–H groups in total. The number of hydrogen-bond donors (Lipinski definition) is 2. The average molecular weight is 439 g/mol. The second-order valence-electron chi connectivity index (χ2n) is 7.96. The second-order valence-corrected chi connectivity index (χ2v) is 7.96. The molecule has 0 radical (unpaired) electrons. The summed E-state index contributed by atoms with van der Waals surface area (Å²) in [6.07, 6.45) is 6.17. The lowest BCUT2D eigenvalue weighted by Gasteiger charge is -2.16. The predicted molar refractivity (Wildman–Crippen MR) is 120 cm³/mol. The number of carbonyl (C=O) groups excluding carboxylic acids is 1. The molecule has 7 nitrogen and oxygen atoms in total. The van der Waals surface area contributed by atoms with Crippen LogP contribution in [-0.2, 0) is 18.4 Å². The Labute approximate surface area is 186 Å². The third kappa shape index (κ3) is 5.64. The van der Waals surface area contributed by atoms with Crippen LogP contribution in [0.15, 0.2) is 42.9 Å². The molecule has 2 heterocycles. The molecule has 0 aliphatic carbocycles. The largest absolute Gasteiger partial charge is 0.494 e. The Balaban J connectivity index is 1.67. The van der Waals surface area contributed by atoms with E-state index >= 15 is 0 Å². The number of Topliss-reactive ketones (excluding diaryl/α,β-unsaturated/α-hetero) is 1. The van der Waals surface area contributed by atoms with E-state index < -0.39 is 11.4 Å². The lowest BCUT2D eigenvalue weighted by atomic mass is 10.00.